The number of rotatable bonds is 1. The van der Waals surface area contributed by atoms with Crippen LogP contribution >= 0.6 is 0 Å². The highest BCUT2D eigenvalue weighted by Gasteiger charge is 2.20. The molecular formula is C16H11NO. The molecule has 2 N–H and O–H groups in total. The van der Waals surface area contributed by atoms with Crippen molar-refractivity contribution in [2.75, 3.05) is 5.48 Å². The molecule has 0 saturated heterocycles. The van der Waals surface area contributed by atoms with Crippen LogP contribution in [0.1, 0.15) is 0 Å². The number of hydrogen-bond donors (Lipinski definition) is 2. The number of nitrogens with one attached hydrogen (secondary N) is 1. The predicted molar refractivity (Wildman–Crippen MR) is 73.8 cm³/mol. The molecule has 86 valence electrons. The first kappa shape index (κ1) is 9.68. The smallest absolute Gasteiger partial charge is 0.0614 e. The molecule has 0 amide bonds. The summed E-state index contributed by atoms with van der Waals surface area (Å²) in [4.78, 5) is 0. The second kappa shape index (κ2) is 3.34. The van der Waals surface area contributed by atoms with Crippen molar-refractivity contribution < 1.29 is 5.21 Å². The molecule has 0 spiro atoms. The van der Waals surface area contributed by atoms with Crippen molar-refractivity contribution in [1.82, 2.24) is 0 Å². The van der Waals surface area contributed by atoms with Crippen molar-refractivity contribution in [2.45, 2.75) is 0 Å². The molecule has 3 aromatic rings. The lowest BCUT2D eigenvalue weighted by atomic mass is 10.0. The van der Waals surface area contributed by atoms with Gasteiger partial charge in [0, 0.05) is 0 Å². The Morgan fingerprint density at radius 1 is 0.722 bits per heavy atom. The highest BCUT2D eigenvalue weighted by atomic mass is 16.5. The van der Waals surface area contributed by atoms with Gasteiger partial charge in [-0.15, -0.1) is 0 Å². The molecule has 1 aliphatic carbocycles. The van der Waals surface area contributed by atoms with E-state index in [0.29, 0.717) is 0 Å². The zero-order valence-electron chi connectivity index (χ0n) is 9.64. The lowest BCUT2D eigenvalue weighted by molar-refractivity contribution is 0.389. The first-order chi connectivity index (χ1) is 8.88. The Bertz CT molecular complexity index is 777. The summed E-state index contributed by atoms with van der Waals surface area (Å²) in [5, 5.41) is 11.6. The van der Waals surface area contributed by atoms with Gasteiger partial charge in [-0.1, -0.05) is 42.5 Å². The van der Waals surface area contributed by atoms with E-state index in [2.05, 4.69) is 47.9 Å². The second-order valence-electron chi connectivity index (χ2n) is 4.58. The molecule has 0 unspecified atom stereocenters. The molecule has 0 atom stereocenters. The Morgan fingerprint density at radius 3 is 2.22 bits per heavy atom. The SMILES string of the molecule is ONc1cc2c3c(cccc3c1)-c1ccccc1-2. The lowest BCUT2D eigenvalue weighted by Gasteiger charge is -2.05. The van der Waals surface area contributed by atoms with Crippen molar-refractivity contribution in [1.29, 1.82) is 0 Å². The second-order valence-corrected chi connectivity index (χ2v) is 4.58. The molecule has 4 rings (SSSR count). The van der Waals surface area contributed by atoms with E-state index in [4.69, 9.17) is 5.21 Å². The quantitative estimate of drug-likeness (QED) is 0.481. The van der Waals surface area contributed by atoms with Crippen molar-refractivity contribution in [2.24, 2.45) is 0 Å². The molecule has 1 aliphatic rings. The van der Waals surface area contributed by atoms with Crippen molar-refractivity contribution in [3.05, 3.63) is 54.6 Å². The van der Waals surface area contributed by atoms with E-state index in [9.17, 15) is 0 Å². The van der Waals surface area contributed by atoms with Crippen LogP contribution < -0.4 is 5.48 Å². The van der Waals surface area contributed by atoms with Crippen LogP contribution in [0.2, 0.25) is 0 Å². The first-order valence-electron chi connectivity index (χ1n) is 5.95. The average Bonchev–Trinajstić information content (AvgIpc) is 2.76. The molecule has 0 aromatic heterocycles. The van der Waals surface area contributed by atoms with Crippen LogP contribution in [0.4, 0.5) is 5.69 Å². The van der Waals surface area contributed by atoms with Crippen molar-refractivity contribution in [3.63, 3.8) is 0 Å². The summed E-state index contributed by atoms with van der Waals surface area (Å²) < 4.78 is 0. The standard InChI is InChI=1S/C16H11NO/c18-17-11-8-10-4-3-7-14-12-5-1-2-6-13(12)15(9-11)16(10)14/h1-9,17-18H. The summed E-state index contributed by atoms with van der Waals surface area (Å²) in [6, 6.07) is 18.7. The van der Waals surface area contributed by atoms with E-state index in [-0.39, 0.29) is 0 Å². The van der Waals surface area contributed by atoms with E-state index in [1.54, 1.807) is 0 Å². The minimum absolute atomic E-state index is 0.728. The van der Waals surface area contributed by atoms with Gasteiger partial charge in [-0.3, -0.25) is 10.7 Å². The van der Waals surface area contributed by atoms with Crippen LogP contribution in [-0.4, -0.2) is 5.21 Å². The summed E-state index contributed by atoms with van der Waals surface area (Å²) in [6.07, 6.45) is 0. The molecule has 2 heteroatoms. The molecule has 0 bridgehead atoms. The Hall–Kier alpha value is -2.32. The van der Waals surface area contributed by atoms with Crippen LogP contribution in [0.15, 0.2) is 54.6 Å². The summed E-state index contributed by atoms with van der Waals surface area (Å²) in [5.74, 6) is 0. The highest BCUT2D eigenvalue weighted by Crippen LogP contribution is 2.47. The van der Waals surface area contributed by atoms with Gasteiger partial charge in [-0.05, 0) is 45.2 Å². The van der Waals surface area contributed by atoms with Crippen molar-refractivity contribution in [3.8, 4) is 22.3 Å². The van der Waals surface area contributed by atoms with Gasteiger partial charge in [0.05, 0.1) is 5.69 Å². The molecule has 0 aliphatic heterocycles. The predicted octanol–water partition coefficient (Wildman–Crippen LogP) is 4.29. The summed E-state index contributed by atoms with van der Waals surface area (Å²) >= 11 is 0. The monoisotopic (exact) mass is 233 g/mol. The maximum absolute atomic E-state index is 9.13. The molecule has 0 saturated carbocycles. The fourth-order valence-corrected chi connectivity index (χ4v) is 2.88. The van der Waals surface area contributed by atoms with Gasteiger partial charge >= 0.3 is 0 Å². The largest absolute Gasteiger partial charge is 0.291 e. The normalized spacial score (nSPS) is 11.6. The molecule has 0 fully saturated rings. The zero-order chi connectivity index (χ0) is 12.1. The first-order valence-corrected chi connectivity index (χ1v) is 5.95. The number of hydrogen-bond acceptors (Lipinski definition) is 2. The molecule has 0 radical (unpaired) electrons. The van der Waals surface area contributed by atoms with Gasteiger partial charge in [0.1, 0.15) is 0 Å². The molecule has 2 nitrogen and oxygen atoms in total. The third-order valence-corrected chi connectivity index (χ3v) is 3.61. The minimum Gasteiger partial charge on any atom is -0.291 e. The van der Waals surface area contributed by atoms with Crippen LogP contribution in [0, 0.1) is 0 Å². The summed E-state index contributed by atoms with van der Waals surface area (Å²) in [6.45, 7) is 0. The Kier molecular flexibility index (Phi) is 1.80. The van der Waals surface area contributed by atoms with E-state index in [1.165, 1.54) is 27.6 Å². The third-order valence-electron chi connectivity index (χ3n) is 3.61. The van der Waals surface area contributed by atoms with Gasteiger partial charge < -0.3 is 0 Å². The zero-order valence-corrected chi connectivity index (χ0v) is 9.64. The third kappa shape index (κ3) is 1.10. The highest BCUT2D eigenvalue weighted by molar-refractivity contribution is 6.16. The van der Waals surface area contributed by atoms with E-state index in [1.807, 2.05) is 12.1 Å². The van der Waals surface area contributed by atoms with Crippen LogP contribution in [0.5, 0.6) is 0 Å². The fourth-order valence-electron chi connectivity index (χ4n) is 2.88. The maximum atomic E-state index is 9.13. The van der Waals surface area contributed by atoms with E-state index in [0.717, 1.165) is 11.1 Å². The topological polar surface area (TPSA) is 32.3 Å². The Balaban J connectivity index is 2.22. The van der Waals surface area contributed by atoms with Crippen molar-refractivity contribution >= 4 is 16.5 Å². The van der Waals surface area contributed by atoms with Crippen LogP contribution in [-0.2, 0) is 0 Å². The van der Waals surface area contributed by atoms with Gasteiger partial charge in [0.15, 0.2) is 0 Å². The summed E-state index contributed by atoms with van der Waals surface area (Å²) in [7, 11) is 0. The van der Waals surface area contributed by atoms with Crippen LogP contribution in [0.25, 0.3) is 33.0 Å². The molecule has 3 aromatic carbocycles. The number of benzene rings is 3. The van der Waals surface area contributed by atoms with Gasteiger partial charge in [0.2, 0.25) is 0 Å². The lowest BCUT2D eigenvalue weighted by Crippen LogP contribution is -1.89. The van der Waals surface area contributed by atoms with Gasteiger partial charge in [-0.2, -0.15) is 0 Å². The number of anilines is 1. The van der Waals surface area contributed by atoms with Gasteiger partial charge in [-0.25, -0.2) is 0 Å². The van der Waals surface area contributed by atoms with Gasteiger partial charge in [0.25, 0.3) is 0 Å². The molecule has 18 heavy (non-hydrogen) atoms. The molecule has 0 heterocycles. The number of fused-ring (bicyclic) bond motifs is 3. The maximum Gasteiger partial charge on any atom is 0.0614 e. The fraction of sp³-hybridized carbons (Fsp3) is 0. The molecular weight excluding hydrogens is 222 g/mol. The Labute approximate surface area is 104 Å². The Morgan fingerprint density at radius 2 is 1.44 bits per heavy atom. The van der Waals surface area contributed by atoms with E-state index >= 15 is 0 Å². The van der Waals surface area contributed by atoms with E-state index < -0.39 is 0 Å². The minimum atomic E-state index is 0.728. The summed E-state index contributed by atoms with van der Waals surface area (Å²) in [5.41, 5.74) is 7.95. The average molecular weight is 233 g/mol. The van der Waals surface area contributed by atoms with Crippen LogP contribution in [0.3, 0.4) is 0 Å².